The molecule has 0 aliphatic carbocycles. The van der Waals surface area contributed by atoms with E-state index in [4.69, 9.17) is 4.74 Å². The van der Waals surface area contributed by atoms with Crippen molar-refractivity contribution in [2.45, 2.75) is 39.7 Å². The van der Waals surface area contributed by atoms with E-state index in [1.54, 1.807) is 29.8 Å². The van der Waals surface area contributed by atoms with Crippen LogP contribution in [0.4, 0.5) is 0 Å². The van der Waals surface area contributed by atoms with Crippen LogP contribution in [-0.4, -0.2) is 34.3 Å². The van der Waals surface area contributed by atoms with Crippen molar-refractivity contribution in [3.8, 4) is 16.9 Å². The van der Waals surface area contributed by atoms with Crippen LogP contribution in [0, 0.1) is 0 Å². The molecule has 0 saturated heterocycles. The lowest BCUT2D eigenvalue weighted by atomic mass is 10.0. The molecule has 0 unspecified atom stereocenters. The number of carbonyl (C=O) groups excluding carboxylic acids is 2. The molecular formula is C28H29N3O3. The number of fused-ring (bicyclic) bond motifs is 1. The predicted octanol–water partition coefficient (Wildman–Crippen LogP) is 5.79. The molecular weight excluding hydrogens is 426 g/mol. The van der Waals surface area contributed by atoms with Crippen molar-refractivity contribution >= 4 is 22.6 Å². The van der Waals surface area contributed by atoms with Gasteiger partial charge in [0.1, 0.15) is 0 Å². The maximum Gasteiger partial charge on any atom is 0.358 e. The average Bonchev–Trinajstić information content (AvgIpc) is 3.33. The van der Waals surface area contributed by atoms with Crippen molar-refractivity contribution < 1.29 is 14.3 Å². The van der Waals surface area contributed by atoms with E-state index in [9.17, 15) is 9.59 Å². The summed E-state index contributed by atoms with van der Waals surface area (Å²) in [5.74, 6) is -0.563. The van der Waals surface area contributed by atoms with Gasteiger partial charge in [-0.3, -0.25) is 4.79 Å². The van der Waals surface area contributed by atoms with Gasteiger partial charge in [0.25, 0.3) is 5.91 Å². The molecule has 0 aliphatic rings. The first-order valence-corrected chi connectivity index (χ1v) is 11.7. The van der Waals surface area contributed by atoms with E-state index in [0.29, 0.717) is 5.56 Å². The second kappa shape index (κ2) is 10.3. The Morgan fingerprint density at radius 2 is 1.62 bits per heavy atom. The molecule has 0 spiro atoms. The van der Waals surface area contributed by atoms with E-state index in [0.717, 1.165) is 40.6 Å². The zero-order valence-corrected chi connectivity index (χ0v) is 19.7. The van der Waals surface area contributed by atoms with E-state index >= 15 is 0 Å². The second-order valence-electron chi connectivity index (χ2n) is 8.14. The summed E-state index contributed by atoms with van der Waals surface area (Å²) in [6.07, 6.45) is 1.78. The number of nitrogens with one attached hydrogen (secondary N) is 1. The number of benzene rings is 3. The number of hydrogen-bond acceptors (Lipinski definition) is 4. The summed E-state index contributed by atoms with van der Waals surface area (Å²) >= 11 is 0. The maximum absolute atomic E-state index is 12.6. The molecule has 1 heterocycles. The minimum Gasteiger partial charge on any atom is -0.461 e. The van der Waals surface area contributed by atoms with Crippen LogP contribution in [0.3, 0.4) is 0 Å². The average molecular weight is 456 g/mol. The smallest absolute Gasteiger partial charge is 0.358 e. The second-order valence-corrected chi connectivity index (χ2v) is 8.14. The molecule has 0 bridgehead atoms. The van der Waals surface area contributed by atoms with Gasteiger partial charge < -0.3 is 10.1 Å². The molecule has 4 rings (SSSR count). The fourth-order valence-electron chi connectivity index (χ4n) is 3.95. The quantitative estimate of drug-likeness (QED) is 0.342. The molecule has 0 fully saturated rings. The van der Waals surface area contributed by atoms with Crippen LogP contribution in [0.2, 0.25) is 0 Å². The minimum atomic E-state index is -0.468. The van der Waals surface area contributed by atoms with Crippen molar-refractivity contribution in [1.82, 2.24) is 15.1 Å². The highest BCUT2D eigenvalue weighted by atomic mass is 16.5. The number of hydrogen-bond donors (Lipinski definition) is 1. The molecule has 1 aromatic heterocycles. The first kappa shape index (κ1) is 23.2. The Labute approximate surface area is 199 Å². The van der Waals surface area contributed by atoms with Crippen molar-refractivity contribution in [2.24, 2.45) is 0 Å². The van der Waals surface area contributed by atoms with Gasteiger partial charge in [0.2, 0.25) is 0 Å². The minimum absolute atomic E-state index is 0.0947. The topological polar surface area (TPSA) is 73.2 Å². The zero-order chi connectivity index (χ0) is 24.1. The molecule has 0 atom stereocenters. The van der Waals surface area contributed by atoms with E-state index in [1.165, 1.54) is 0 Å². The Morgan fingerprint density at radius 1 is 0.912 bits per heavy atom. The number of ether oxygens (including phenoxy) is 1. The molecule has 3 aromatic carbocycles. The van der Waals surface area contributed by atoms with E-state index < -0.39 is 5.97 Å². The molecule has 4 aromatic rings. The summed E-state index contributed by atoms with van der Waals surface area (Å²) in [7, 11) is 0. The largest absolute Gasteiger partial charge is 0.461 e. The third-order valence-electron chi connectivity index (χ3n) is 5.93. The molecule has 0 saturated carbocycles. The zero-order valence-electron chi connectivity index (χ0n) is 19.7. The third-order valence-corrected chi connectivity index (χ3v) is 5.93. The molecule has 6 nitrogen and oxygen atoms in total. The van der Waals surface area contributed by atoms with Crippen LogP contribution in [0.1, 0.15) is 54.5 Å². The van der Waals surface area contributed by atoms with Gasteiger partial charge in [-0.05, 0) is 66.9 Å². The van der Waals surface area contributed by atoms with Gasteiger partial charge in [0.15, 0.2) is 5.69 Å². The fourth-order valence-corrected chi connectivity index (χ4v) is 3.95. The normalized spacial score (nSPS) is 11.1. The molecule has 1 N–H and O–H groups in total. The van der Waals surface area contributed by atoms with E-state index in [2.05, 4.69) is 48.5 Å². The van der Waals surface area contributed by atoms with Crippen LogP contribution >= 0.6 is 0 Å². The first-order valence-electron chi connectivity index (χ1n) is 11.7. The number of carbonyl (C=O) groups is 2. The molecule has 34 heavy (non-hydrogen) atoms. The van der Waals surface area contributed by atoms with Crippen molar-refractivity contribution in [3.63, 3.8) is 0 Å². The van der Waals surface area contributed by atoms with Crippen LogP contribution in [0.15, 0.2) is 72.8 Å². The summed E-state index contributed by atoms with van der Waals surface area (Å²) < 4.78 is 6.90. The van der Waals surface area contributed by atoms with Crippen LogP contribution in [0.25, 0.3) is 27.7 Å². The van der Waals surface area contributed by atoms with Gasteiger partial charge in [0, 0.05) is 17.2 Å². The van der Waals surface area contributed by atoms with Crippen LogP contribution < -0.4 is 5.32 Å². The summed E-state index contributed by atoms with van der Waals surface area (Å²) in [6, 6.07) is 23.4. The maximum atomic E-state index is 12.6. The summed E-state index contributed by atoms with van der Waals surface area (Å²) in [5.41, 5.74) is 3.26. The number of nitrogens with zero attached hydrogens (tertiary/aromatic N) is 2. The Balaban J connectivity index is 1.72. The molecule has 6 heteroatoms. The van der Waals surface area contributed by atoms with E-state index in [1.807, 2.05) is 30.3 Å². The summed E-state index contributed by atoms with van der Waals surface area (Å²) in [4.78, 5) is 25.0. The van der Waals surface area contributed by atoms with Gasteiger partial charge in [-0.1, -0.05) is 50.2 Å². The highest BCUT2D eigenvalue weighted by Gasteiger charge is 2.18. The summed E-state index contributed by atoms with van der Waals surface area (Å²) in [5, 5.41) is 9.83. The van der Waals surface area contributed by atoms with Crippen molar-refractivity contribution in [1.29, 1.82) is 0 Å². The van der Waals surface area contributed by atoms with Crippen molar-refractivity contribution in [3.05, 3.63) is 84.1 Å². The molecule has 0 radical (unpaired) electrons. The van der Waals surface area contributed by atoms with E-state index in [-0.39, 0.29) is 24.2 Å². The Bertz CT molecular complexity index is 1300. The monoisotopic (exact) mass is 455 g/mol. The predicted molar refractivity (Wildman–Crippen MR) is 134 cm³/mol. The molecule has 1 amide bonds. The third kappa shape index (κ3) is 4.86. The Morgan fingerprint density at radius 3 is 2.29 bits per heavy atom. The Kier molecular flexibility index (Phi) is 7.07. The number of rotatable bonds is 8. The number of aromatic nitrogens is 2. The van der Waals surface area contributed by atoms with Gasteiger partial charge in [-0.25, -0.2) is 9.48 Å². The summed E-state index contributed by atoms with van der Waals surface area (Å²) in [6.45, 7) is 6.16. The van der Waals surface area contributed by atoms with Crippen LogP contribution in [-0.2, 0) is 4.74 Å². The fraction of sp³-hybridized carbons (Fsp3) is 0.250. The van der Waals surface area contributed by atoms with Gasteiger partial charge in [0.05, 0.1) is 18.0 Å². The highest BCUT2D eigenvalue weighted by Crippen LogP contribution is 2.28. The van der Waals surface area contributed by atoms with Crippen LogP contribution in [0.5, 0.6) is 0 Å². The van der Waals surface area contributed by atoms with Gasteiger partial charge >= 0.3 is 5.97 Å². The molecule has 0 aliphatic heterocycles. The highest BCUT2D eigenvalue weighted by molar-refractivity contribution is 5.95. The standard InChI is InChI=1S/C28H29N3O3/c1-4-23(5-2)29-27(32)20-13-15-24(16-14-20)31-26(18-25(30-31)28(33)34-6-3)22-12-11-19-9-7-8-10-21(19)17-22/h7-18,23H,4-6H2,1-3H3,(H,29,32). The molecule has 174 valence electrons. The van der Waals surface area contributed by atoms with Gasteiger partial charge in [-0.15, -0.1) is 0 Å². The lowest BCUT2D eigenvalue weighted by molar-refractivity contribution is 0.0518. The lowest BCUT2D eigenvalue weighted by Gasteiger charge is -2.15. The van der Waals surface area contributed by atoms with Gasteiger partial charge in [-0.2, -0.15) is 5.10 Å². The lowest BCUT2D eigenvalue weighted by Crippen LogP contribution is -2.33. The number of amides is 1. The first-order chi connectivity index (χ1) is 16.5. The Hall–Kier alpha value is -3.93. The SMILES string of the molecule is CCOC(=O)c1cc(-c2ccc3ccccc3c2)n(-c2ccc(C(=O)NC(CC)CC)cc2)n1. The number of esters is 1. The van der Waals surface area contributed by atoms with Crippen molar-refractivity contribution in [2.75, 3.05) is 6.61 Å².